The Kier molecular flexibility index (Phi) is 48.1. The van der Waals surface area contributed by atoms with Gasteiger partial charge in [-0.15, -0.1) is 18.1 Å². The maximum atomic E-state index is 11.9. The molecule has 13 aliphatic heterocycles. The summed E-state index contributed by atoms with van der Waals surface area (Å²) in [5.74, 6) is 1.65. The third-order valence-corrected chi connectivity index (χ3v) is 24.7. The summed E-state index contributed by atoms with van der Waals surface area (Å²) < 4.78 is 118. The fourth-order valence-corrected chi connectivity index (χ4v) is 15.7. The van der Waals surface area contributed by atoms with Crippen molar-refractivity contribution in [1.29, 1.82) is 0 Å². The zero-order valence-electron chi connectivity index (χ0n) is 79.8. The quantitative estimate of drug-likeness (QED) is 0.0203. The minimum atomic E-state index is -0.979. The first-order valence-corrected chi connectivity index (χ1v) is 43.0. The third kappa shape index (κ3) is 33.4. The normalized spacial score (nSPS) is 41.0. The van der Waals surface area contributed by atoms with Crippen molar-refractivity contribution in [3.8, 4) is 0 Å². The number of oxime groups is 1. The molecule has 0 aliphatic carbocycles. The molecule has 729 valence electrons. The molecule has 13 rings (SSSR count). The van der Waals surface area contributed by atoms with Crippen LogP contribution in [0.2, 0.25) is 0 Å². The summed E-state index contributed by atoms with van der Waals surface area (Å²) in [5.41, 5.74) is 9.02. The zero-order chi connectivity index (χ0) is 93.2. The number of nitrogens with two attached hydrogens (primary N) is 2. The van der Waals surface area contributed by atoms with E-state index >= 15 is 0 Å². The number of aliphatic hydroxyl groups excluding tert-OH is 4. The Morgan fingerprint density at radius 1 is 0.516 bits per heavy atom. The number of Topliss-reactive ketones (excluding diaryl/α,β-unsaturated/α-hetero) is 1. The van der Waals surface area contributed by atoms with E-state index < -0.39 is 71.0 Å². The number of ketones is 1. The molecule has 0 spiro atoms. The van der Waals surface area contributed by atoms with Crippen molar-refractivity contribution in [2.24, 2.45) is 58.2 Å². The second-order valence-electron chi connectivity index (χ2n) is 36.9. The van der Waals surface area contributed by atoms with Gasteiger partial charge < -0.3 is 164 Å². The first kappa shape index (κ1) is 117. The number of rotatable bonds is 14. The molecule has 0 aromatic heterocycles. The van der Waals surface area contributed by atoms with Gasteiger partial charge in [0.25, 0.3) is 0 Å². The molecule has 33 atom stereocenters. The van der Waals surface area contributed by atoms with Gasteiger partial charge in [-0.3, -0.25) is 4.79 Å². The van der Waals surface area contributed by atoms with Crippen molar-refractivity contribution >= 4 is 29.8 Å². The third-order valence-electron chi connectivity index (χ3n) is 24.7. The maximum Gasteiger partial charge on any atom is 1.00 e. The van der Waals surface area contributed by atoms with Gasteiger partial charge in [-0.25, -0.2) is 5.90 Å². The van der Waals surface area contributed by atoms with Crippen molar-refractivity contribution in [3.05, 3.63) is 38.2 Å². The van der Waals surface area contributed by atoms with E-state index in [0.717, 1.165) is 5.82 Å². The molecule has 35 nitrogen and oxygen atoms in total. The van der Waals surface area contributed by atoms with Crippen LogP contribution in [-0.4, -0.2) is 315 Å². The fourth-order valence-electron chi connectivity index (χ4n) is 15.7. The second kappa shape index (κ2) is 50.8. The number of carbonyl (C=O) groups is 2. The number of nitrogens with zero attached hydrogens (tertiary/aromatic N) is 1. The molecule has 1 radical (unpaired) electrons. The number of methoxy groups -OCH3 is 2. The number of halogens is 1. The van der Waals surface area contributed by atoms with Crippen LogP contribution in [0.4, 0.5) is 0 Å². The van der Waals surface area contributed by atoms with Gasteiger partial charge in [0, 0.05) is 62.8 Å². The van der Waals surface area contributed by atoms with E-state index in [-0.39, 0.29) is 208 Å². The Morgan fingerprint density at radius 2 is 0.823 bits per heavy atom. The summed E-state index contributed by atoms with van der Waals surface area (Å²) in [6.45, 7) is 70.6. The molecular formula is C87H162ClN6O29Ru. The van der Waals surface area contributed by atoms with Crippen molar-refractivity contribution in [3.63, 3.8) is 0 Å². The molecule has 124 heavy (non-hydrogen) atoms. The molecule has 13 heterocycles. The monoisotopic (exact) mass is 1890 g/mol. The van der Waals surface area contributed by atoms with Gasteiger partial charge in [0.2, 0.25) is 0 Å². The van der Waals surface area contributed by atoms with Gasteiger partial charge in [-0.2, -0.15) is 0 Å². The van der Waals surface area contributed by atoms with Crippen LogP contribution in [0.5, 0.6) is 0 Å². The summed E-state index contributed by atoms with van der Waals surface area (Å²) in [7, 11) is 5.08. The van der Waals surface area contributed by atoms with Crippen LogP contribution in [0.3, 0.4) is 0 Å². The van der Waals surface area contributed by atoms with Gasteiger partial charge in [0.15, 0.2) is 46.3 Å². The second-order valence-corrected chi connectivity index (χ2v) is 36.9. The molecule has 33 unspecified atom stereocenters. The van der Waals surface area contributed by atoms with E-state index in [9.17, 15) is 24.9 Å². The number of ether oxygens (including phenoxy) is 21. The summed E-state index contributed by atoms with van der Waals surface area (Å²) in [5, 5.41) is 65.6. The minimum Gasteiger partial charge on any atom is -0.411 e. The molecule has 0 aromatic rings. The van der Waals surface area contributed by atoms with Gasteiger partial charge in [0.1, 0.15) is 85.5 Å². The average Bonchev–Trinajstić information content (AvgIpc) is 1.65. The van der Waals surface area contributed by atoms with Crippen LogP contribution < -0.4 is 27.6 Å². The van der Waals surface area contributed by atoms with Crippen molar-refractivity contribution in [2.75, 3.05) is 67.5 Å². The minimum absolute atomic E-state index is 0. The van der Waals surface area contributed by atoms with Crippen LogP contribution in [0.15, 0.2) is 36.4 Å². The van der Waals surface area contributed by atoms with E-state index in [4.69, 9.17) is 121 Å². The van der Waals surface area contributed by atoms with Crippen molar-refractivity contribution < 1.29 is 159 Å². The van der Waals surface area contributed by atoms with Crippen LogP contribution in [0, 0.1) is 48.3 Å². The fraction of sp³-hybridized carbons (Fsp3) is 0.897. The van der Waals surface area contributed by atoms with E-state index in [0.29, 0.717) is 57.2 Å². The van der Waals surface area contributed by atoms with Crippen molar-refractivity contribution in [2.45, 2.75) is 393 Å². The number of aliphatic hydroxyl groups is 4. The summed E-state index contributed by atoms with van der Waals surface area (Å²) in [4.78, 5) is 23.0. The maximum absolute atomic E-state index is 11.9. The molecule has 13 N–H and O–H groups in total. The Hall–Kier alpha value is -2.87. The molecule has 13 aliphatic rings. The number of amides is 1. The molecule has 0 bridgehead atoms. The Balaban J connectivity index is 0.000000479. The Morgan fingerprint density at radius 3 is 1.10 bits per heavy atom. The zero-order valence-corrected chi connectivity index (χ0v) is 82.3. The summed E-state index contributed by atoms with van der Waals surface area (Å²) >= 11 is 0. The molecule has 0 saturated carbocycles. The van der Waals surface area contributed by atoms with Gasteiger partial charge >= 0.3 is 19.5 Å². The Bertz CT molecular complexity index is 3160. The van der Waals surface area contributed by atoms with E-state index in [1.165, 1.54) is 0 Å². The summed E-state index contributed by atoms with van der Waals surface area (Å²) in [6, 6.07) is 0.146. The average molecular weight is 1890 g/mol. The van der Waals surface area contributed by atoms with Crippen LogP contribution in [-0.2, 0) is 129 Å². The molecule has 37 heteroatoms. The van der Waals surface area contributed by atoms with Crippen LogP contribution >= 0.6 is 12.4 Å². The van der Waals surface area contributed by atoms with E-state index in [1.54, 1.807) is 14.2 Å². The predicted octanol–water partition coefficient (Wildman–Crippen LogP) is 7.27. The predicted molar refractivity (Wildman–Crippen MR) is 460 cm³/mol. The topological polar surface area (TPSA) is 450 Å². The molecule has 13 fully saturated rings. The molecule has 13 saturated heterocycles. The molecular weight excluding hydrogens is 1730 g/mol. The SMILES string of the molecule is C=C(NC)NC1C(C)C(C)OC1C1COC(C)(C)O1.C=C=C.CC1OC(C(O)CO)C(O)C1C.CC1OC(C2COC(C)(C)O2)/C(=N/O)C1C.CC1OC(C2COC(C)(C)O2)C(=O)C1C.CC1OC(C2COC(C)(C)O2)C(N)C1C.CC1OC(C2COC(C)(C)O2)C(O)C1C.COC(C)(C)OC.Cl.NO.[CH2-]C(=O)NC1C(C)C(C)OC1C1COC(C)(C)O1.[Ru+]. The number of carbonyl (C=O) groups excluding carboxylic acids is 2. The first-order chi connectivity index (χ1) is 56.4. The smallest absolute Gasteiger partial charge is 0.411 e. The number of hydrogen-bond donors (Lipinski definition) is 11. The standard InChI is InChI=1S/C14H26N2O3.C13H22NO4.C11H19NO4.C11H21NO3.C11H20O4.C11H18O4.C8H16O4.C5H12O2.C3H4.ClH.H3NO.Ru/c1-8-9(2)18-13(12(8)16-10(3)15-6)11-7-17-14(4,5)19-11;1-7-8(2)17-12(11(7)14-9(3)15)10-6-16-13(4,5)18-10;1-6-7(2)15-10(9(6)12-13)8-5-14-11(3,4)16-8;3*1-6-7(2)14-10(9(6)12)8-5-13-11(3,4)15-8;1-4-5(2)12-8(7(4)11)6(10)3-9;1-5(2,6-3)7-4;1-3-2;;1-2;/h8-9,11-13,15-16H,3,7H2,1-2,4-6H3;7-8,10-12H,3,6H2,1-2,4-5H3,(H,14,15);6-8,10,13H,5H2,1-4H3;6-10H,5,12H2,1-4H3;6-10,12H,5H2,1-4H3;6-8,10H,5H2,1-4H3;4-11H,3H2,1-2H3;1-4H3;1-2H2;1H;2H,1H2;/q;-1;;;;;;;;;;+1/b;;12-9+;;;;;;;;;. The van der Waals surface area contributed by atoms with E-state index in [2.05, 4.69) is 94.0 Å². The van der Waals surface area contributed by atoms with Gasteiger partial charge in [0.05, 0.1) is 131 Å². The Labute approximate surface area is 758 Å². The molecule has 1 amide bonds. The largest absolute Gasteiger partial charge is 1.00 e. The van der Waals surface area contributed by atoms with Gasteiger partial charge in [-0.05, 0) is 151 Å². The number of nitrogens with one attached hydrogen (secondary N) is 3. The van der Waals surface area contributed by atoms with Crippen molar-refractivity contribution in [1.82, 2.24) is 16.0 Å². The van der Waals surface area contributed by atoms with Crippen LogP contribution in [0.25, 0.3) is 0 Å². The number of hydrogen-bond acceptors (Lipinski definition) is 34. The molecule has 0 aromatic carbocycles. The van der Waals surface area contributed by atoms with E-state index in [1.807, 2.05) is 166 Å². The van der Waals surface area contributed by atoms with Crippen LogP contribution in [0.1, 0.15) is 194 Å². The van der Waals surface area contributed by atoms with Gasteiger partial charge in [-0.1, -0.05) is 73.4 Å². The first-order valence-electron chi connectivity index (χ1n) is 43.0. The summed E-state index contributed by atoms with van der Waals surface area (Å²) in [6.07, 6.45) is -4.25.